The number of hydrogen-bond acceptors (Lipinski definition) is 3. The standard InChI is InChI=1S/C17H36N2O/c1-6-17(4,19(7-2)8-3)16(18-5)13-9-11-15-12-10-14-20-15/h15-16,18H,6-14H2,1-5H3. The lowest BCUT2D eigenvalue weighted by molar-refractivity contribution is 0.0634. The Labute approximate surface area is 126 Å². The first-order chi connectivity index (χ1) is 9.62. The molecule has 120 valence electrons. The van der Waals surface area contributed by atoms with Crippen molar-refractivity contribution in [2.24, 2.45) is 0 Å². The number of likely N-dealkylation sites (N-methyl/N-ethyl adjacent to an activating group) is 2. The highest BCUT2D eigenvalue weighted by Crippen LogP contribution is 2.27. The second kappa shape index (κ2) is 9.01. The smallest absolute Gasteiger partial charge is 0.0576 e. The fourth-order valence-corrected chi connectivity index (χ4v) is 3.82. The molecule has 1 fully saturated rings. The molecule has 3 atom stereocenters. The third-order valence-electron chi connectivity index (χ3n) is 5.34. The van der Waals surface area contributed by atoms with Crippen LogP contribution in [0.2, 0.25) is 0 Å². The fraction of sp³-hybridized carbons (Fsp3) is 1.00. The Morgan fingerprint density at radius 3 is 2.45 bits per heavy atom. The summed E-state index contributed by atoms with van der Waals surface area (Å²) in [5, 5.41) is 3.59. The predicted molar refractivity (Wildman–Crippen MR) is 87.3 cm³/mol. The van der Waals surface area contributed by atoms with Gasteiger partial charge in [0.15, 0.2) is 0 Å². The second-order valence-corrected chi connectivity index (χ2v) is 6.29. The quantitative estimate of drug-likeness (QED) is 0.665. The van der Waals surface area contributed by atoms with Gasteiger partial charge in [0.05, 0.1) is 6.10 Å². The van der Waals surface area contributed by atoms with Gasteiger partial charge in [-0.05, 0) is 65.6 Å². The van der Waals surface area contributed by atoms with Gasteiger partial charge in [0.25, 0.3) is 0 Å². The van der Waals surface area contributed by atoms with Gasteiger partial charge in [-0.2, -0.15) is 0 Å². The van der Waals surface area contributed by atoms with E-state index < -0.39 is 0 Å². The van der Waals surface area contributed by atoms with Gasteiger partial charge in [-0.15, -0.1) is 0 Å². The lowest BCUT2D eigenvalue weighted by Crippen LogP contribution is -2.58. The van der Waals surface area contributed by atoms with E-state index in [2.05, 4.69) is 45.0 Å². The Kier molecular flexibility index (Phi) is 8.08. The van der Waals surface area contributed by atoms with Crippen molar-refractivity contribution in [1.82, 2.24) is 10.2 Å². The summed E-state index contributed by atoms with van der Waals surface area (Å²) >= 11 is 0. The molecular weight excluding hydrogens is 248 g/mol. The zero-order valence-electron chi connectivity index (χ0n) is 14.4. The largest absolute Gasteiger partial charge is 0.378 e. The summed E-state index contributed by atoms with van der Waals surface area (Å²) in [6, 6.07) is 0.564. The van der Waals surface area contributed by atoms with Gasteiger partial charge in [-0.25, -0.2) is 0 Å². The van der Waals surface area contributed by atoms with Gasteiger partial charge in [0.1, 0.15) is 0 Å². The maximum Gasteiger partial charge on any atom is 0.0576 e. The van der Waals surface area contributed by atoms with Crippen LogP contribution in [0.25, 0.3) is 0 Å². The van der Waals surface area contributed by atoms with Crippen LogP contribution in [0.15, 0.2) is 0 Å². The van der Waals surface area contributed by atoms with Crippen molar-refractivity contribution in [3.8, 4) is 0 Å². The molecule has 0 aromatic rings. The average Bonchev–Trinajstić information content (AvgIpc) is 2.97. The van der Waals surface area contributed by atoms with E-state index >= 15 is 0 Å². The van der Waals surface area contributed by atoms with Crippen LogP contribution in [0.5, 0.6) is 0 Å². The minimum atomic E-state index is 0.259. The van der Waals surface area contributed by atoms with Gasteiger partial charge < -0.3 is 10.1 Å². The molecule has 0 aromatic heterocycles. The molecule has 0 aromatic carbocycles. The van der Waals surface area contributed by atoms with Gasteiger partial charge in [0, 0.05) is 18.2 Å². The van der Waals surface area contributed by atoms with E-state index in [4.69, 9.17) is 4.74 Å². The second-order valence-electron chi connectivity index (χ2n) is 6.29. The number of hydrogen-bond donors (Lipinski definition) is 1. The Morgan fingerprint density at radius 2 is 2.00 bits per heavy atom. The summed E-state index contributed by atoms with van der Waals surface area (Å²) in [7, 11) is 2.12. The van der Waals surface area contributed by atoms with Crippen LogP contribution in [0, 0.1) is 0 Å². The van der Waals surface area contributed by atoms with E-state index in [1.165, 1.54) is 38.5 Å². The first kappa shape index (κ1) is 17.9. The zero-order valence-corrected chi connectivity index (χ0v) is 14.4. The van der Waals surface area contributed by atoms with Crippen molar-refractivity contribution in [1.29, 1.82) is 0 Å². The Bertz CT molecular complexity index is 249. The Hall–Kier alpha value is -0.120. The van der Waals surface area contributed by atoms with E-state index in [-0.39, 0.29) is 5.54 Å². The third kappa shape index (κ3) is 4.44. The van der Waals surface area contributed by atoms with Crippen molar-refractivity contribution < 1.29 is 4.74 Å². The van der Waals surface area contributed by atoms with Crippen LogP contribution in [0.1, 0.15) is 66.2 Å². The van der Waals surface area contributed by atoms with E-state index in [0.29, 0.717) is 12.1 Å². The lowest BCUT2D eigenvalue weighted by atomic mass is 9.84. The highest BCUT2D eigenvalue weighted by atomic mass is 16.5. The van der Waals surface area contributed by atoms with Crippen molar-refractivity contribution in [3.63, 3.8) is 0 Å². The van der Waals surface area contributed by atoms with Crippen molar-refractivity contribution >= 4 is 0 Å². The van der Waals surface area contributed by atoms with Crippen molar-refractivity contribution in [2.45, 2.75) is 83.9 Å². The predicted octanol–water partition coefficient (Wildman–Crippen LogP) is 3.43. The van der Waals surface area contributed by atoms with Crippen LogP contribution >= 0.6 is 0 Å². The zero-order chi connectivity index (χ0) is 15.0. The number of nitrogens with one attached hydrogen (secondary N) is 1. The molecule has 1 saturated heterocycles. The van der Waals surface area contributed by atoms with Crippen LogP contribution in [-0.4, -0.2) is 49.3 Å². The first-order valence-corrected chi connectivity index (χ1v) is 8.66. The minimum Gasteiger partial charge on any atom is -0.378 e. The maximum atomic E-state index is 5.74. The van der Waals surface area contributed by atoms with Gasteiger partial charge in [-0.1, -0.05) is 20.8 Å². The maximum absolute atomic E-state index is 5.74. The number of rotatable bonds is 10. The molecule has 1 heterocycles. The number of ether oxygens (including phenoxy) is 1. The molecule has 3 nitrogen and oxygen atoms in total. The highest BCUT2D eigenvalue weighted by Gasteiger charge is 2.35. The normalized spacial score (nSPS) is 24.0. The van der Waals surface area contributed by atoms with E-state index in [0.717, 1.165) is 19.7 Å². The average molecular weight is 284 g/mol. The molecular formula is C17H36N2O. The number of nitrogens with zero attached hydrogens (tertiary/aromatic N) is 1. The Morgan fingerprint density at radius 1 is 1.30 bits per heavy atom. The van der Waals surface area contributed by atoms with E-state index in [1.807, 2.05) is 0 Å². The molecule has 1 aliphatic heterocycles. The van der Waals surface area contributed by atoms with Crippen LogP contribution in [0.4, 0.5) is 0 Å². The van der Waals surface area contributed by atoms with Crippen molar-refractivity contribution in [3.05, 3.63) is 0 Å². The first-order valence-electron chi connectivity index (χ1n) is 8.66. The molecule has 0 aliphatic carbocycles. The summed E-state index contributed by atoms with van der Waals surface area (Å²) in [5.74, 6) is 0. The van der Waals surface area contributed by atoms with Crippen LogP contribution < -0.4 is 5.32 Å². The summed E-state index contributed by atoms with van der Waals surface area (Å²) in [6.45, 7) is 12.5. The van der Waals surface area contributed by atoms with E-state index in [1.54, 1.807) is 0 Å². The molecule has 1 rings (SSSR count). The highest BCUT2D eigenvalue weighted by molar-refractivity contribution is 4.95. The van der Waals surface area contributed by atoms with Gasteiger partial charge in [-0.3, -0.25) is 4.90 Å². The molecule has 0 bridgehead atoms. The molecule has 0 radical (unpaired) electrons. The molecule has 3 unspecified atom stereocenters. The molecule has 1 N–H and O–H groups in total. The summed E-state index contributed by atoms with van der Waals surface area (Å²) < 4.78 is 5.74. The van der Waals surface area contributed by atoms with Crippen LogP contribution in [0.3, 0.4) is 0 Å². The van der Waals surface area contributed by atoms with Crippen molar-refractivity contribution in [2.75, 3.05) is 26.7 Å². The lowest BCUT2D eigenvalue weighted by Gasteiger charge is -2.46. The van der Waals surface area contributed by atoms with Gasteiger partial charge in [0.2, 0.25) is 0 Å². The van der Waals surface area contributed by atoms with Crippen LogP contribution in [-0.2, 0) is 4.74 Å². The minimum absolute atomic E-state index is 0.259. The molecule has 3 heteroatoms. The van der Waals surface area contributed by atoms with Gasteiger partial charge >= 0.3 is 0 Å². The summed E-state index contributed by atoms with van der Waals surface area (Å²) in [6.07, 6.45) is 8.01. The summed E-state index contributed by atoms with van der Waals surface area (Å²) in [4.78, 5) is 2.61. The third-order valence-corrected chi connectivity index (χ3v) is 5.34. The SMILES string of the molecule is CCN(CC)C(C)(CC)C(CCCC1CCCO1)NC. The molecule has 1 aliphatic rings. The molecule has 0 spiro atoms. The van der Waals surface area contributed by atoms with E-state index in [9.17, 15) is 0 Å². The summed E-state index contributed by atoms with van der Waals surface area (Å²) in [5.41, 5.74) is 0.259. The topological polar surface area (TPSA) is 24.5 Å². The monoisotopic (exact) mass is 284 g/mol. The Balaban J connectivity index is 2.52. The molecule has 0 saturated carbocycles. The molecule has 20 heavy (non-hydrogen) atoms. The fourth-order valence-electron chi connectivity index (χ4n) is 3.82. The molecule has 0 amide bonds.